The number of aromatic nitrogens is 2. The van der Waals surface area contributed by atoms with Crippen LogP contribution in [0, 0.1) is 6.92 Å². The van der Waals surface area contributed by atoms with Gasteiger partial charge in [-0.05, 0) is 36.2 Å². The summed E-state index contributed by atoms with van der Waals surface area (Å²) in [7, 11) is 4.71. The van der Waals surface area contributed by atoms with Crippen LogP contribution in [0.25, 0.3) is 0 Å². The van der Waals surface area contributed by atoms with Crippen molar-refractivity contribution in [1.29, 1.82) is 0 Å². The molecule has 1 heterocycles. The van der Waals surface area contributed by atoms with Crippen LogP contribution in [0.3, 0.4) is 0 Å². The number of carbonyl (C=O) groups is 1. The van der Waals surface area contributed by atoms with Gasteiger partial charge in [0.25, 0.3) is 5.56 Å². The summed E-state index contributed by atoms with van der Waals surface area (Å²) in [5, 5.41) is 0.607. The van der Waals surface area contributed by atoms with E-state index in [4.69, 9.17) is 9.47 Å². The first-order valence-electron chi connectivity index (χ1n) is 9.43. The summed E-state index contributed by atoms with van der Waals surface area (Å²) in [6, 6.07) is 14.9. The predicted octanol–water partition coefficient (Wildman–Crippen LogP) is 3.77. The summed E-state index contributed by atoms with van der Waals surface area (Å²) < 4.78 is 11.6. The van der Waals surface area contributed by atoms with Crippen LogP contribution in [-0.2, 0) is 24.0 Å². The molecule has 0 fully saturated rings. The van der Waals surface area contributed by atoms with Gasteiger partial charge in [-0.1, -0.05) is 42.1 Å². The smallest absolute Gasteiger partial charge is 0.338 e. The molecule has 0 saturated heterocycles. The van der Waals surface area contributed by atoms with Gasteiger partial charge in [0.1, 0.15) is 5.75 Å². The third-order valence-electron chi connectivity index (χ3n) is 4.87. The lowest BCUT2D eigenvalue weighted by molar-refractivity contribution is 0.0600. The Bertz CT molecular complexity index is 1110. The van der Waals surface area contributed by atoms with Gasteiger partial charge in [-0.2, -0.15) is 0 Å². The molecule has 0 amide bonds. The van der Waals surface area contributed by atoms with Gasteiger partial charge in [-0.25, -0.2) is 9.78 Å². The van der Waals surface area contributed by atoms with Crippen molar-refractivity contribution in [2.45, 2.75) is 24.3 Å². The Labute approximate surface area is 179 Å². The minimum Gasteiger partial charge on any atom is -0.497 e. The topological polar surface area (TPSA) is 70.4 Å². The lowest BCUT2D eigenvalue weighted by Crippen LogP contribution is -2.25. The maximum Gasteiger partial charge on any atom is 0.338 e. The monoisotopic (exact) mass is 424 g/mol. The van der Waals surface area contributed by atoms with Crippen LogP contribution in [0.2, 0.25) is 0 Å². The molecule has 0 aliphatic carbocycles. The number of thioether (sulfide) groups is 1. The van der Waals surface area contributed by atoms with Gasteiger partial charge in [0.15, 0.2) is 5.16 Å². The second-order valence-corrected chi connectivity index (χ2v) is 7.73. The molecule has 0 unspecified atom stereocenters. The fourth-order valence-electron chi connectivity index (χ4n) is 3.11. The molecule has 0 saturated carbocycles. The van der Waals surface area contributed by atoms with Gasteiger partial charge in [-0.15, -0.1) is 0 Å². The van der Waals surface area contributed by atoms with Crippen molar-refractivity contribution in [1.82, 2.24) is 9.55 Å². The molecule has 0 aliphatic rings. The molecule has 0 spiro atoms. The van der Waals surface area contributed by atoms with Gasteiger partial charge in [0.05, 0.1) is 19.8 Å². The number of hydrogen-bond donors (Lipinski definition) is 0. The van der Waals surface area contributed by atoms with E-state index in [1.54, 1.807) is 30.9 Å². The van der Waals surface area contributed by atoms with Crippen LogP contribution in [-0.4, -0.2) is 29.7 Å². The number of methoxy groups -OCH3 is 2. The first-order valence-corrected chi connectivity index (χ1v) is 10.4. The quantitative estimate of drug-likeness (QED) is 0.327. The summed E-state index contributed by atoms with van der Waals surface area (Å²) in [5.74, 6) is 0.905. The largest absolute Gasteiger partial charge is 0.497 e. The molecule has 0 radical (unpaired) electrons. The molecular weight excluding hydrogens is 400 g/mol. The third kappa shape index (κ3) is 4.74. The van der Waals surface area contributed by atoms with Gasteiger partial charge < -0.3 is 9.47 Å². The number of aryl methyl sites for hydroxylation is 1. The number of benzene rings is 2. The standard InChI is InChI=1S/C23H24N2O4S/c1-15-20(13-16-9-11-18(28-3)12-10-16)21(26)25(2)23(24-15)30-14-17-7-5-6-8-19(17)22(27)29-4/h5-12H,13-14H2,1-4H3. The van der Waals surface area contributed by atoms with Crippen molar-refractivity contribution in [2.24, 2.45) is 7.05 Å². The normalized spacial score (nSPS) is 10.7. The van der Waals surface area contributed by atoms with Crippen LogP contribution in [0.1, 0.15) is 32.7 Å². The van der Waals surface area contributed by atoms with E-state index in [9.17, 15) is 9.59 Å². The van der Waals surface area contributed by atoms with E-state index in [1.807, 2.05) is 43.3 Å². The molecule has 3 rings (SSSR count). The van der Waals surface area contributed by atoms with Gasteiger partial charge >= 0.3 is 5.97 Å². The van der Waals surface area contributed by atoms with Gasteiger partial charge in [0.2, 0.25) is 0 Å². The molecule has 6 nitrogen and oxygen atoms in total. The van der Waals surface area contributed by atoms with E-state index < -0.39 is 0 Å². The number of nitrogens with zero attached hydrogens (tertiary/aromatic N) is 2. The highest BCUT2D eigenvalue weighted by Crippen LogP contribution is 2.24. The molecule has 1 aromatic heterocycles. The zero-order valence-electron chi connectivity index (χ0n) is 17.5. The van der Waals surface area contributed by atoms with Crippen LogP contribution in [0.5, 0.6) is 5.75 Å². The molecule has 0 aliphatic heterocycles. The minimum absolute atomic E-state index is 0.0675. The SMILES string of the molecule is COC(=O)c1ccccc1CSc1nc(C)c(Cc2ccc(OC)cc2)c(=O)n1C. The molecular formula is C23H24N2O4S. The molecule has 30 heavy (non-hydrogen) atoms. The number of carbonyl (C=O) groups excluding carboxylic acids is 1. The first-order chi connectivity index (χ1) is 14.4. The Morgan fingerprint density at radius 3 is 2.47 bits per heavy atom. The van der Waals surface area contributed by atoms with Crippen LogP contribution >= 0.6 is 11.8 Å². The molecule has 0 N–H and O–H groups in total. The van der Waals surface area contributed by atoms with E-state index in [-0.39, 0.29) is 11.5 Å². The highest BCUT2D eigenvalue weighted by atomic mass is 32.2. The number of rotatable bonds is 7. The summed E-state index contributed by atoms with van der Waals surface area (Å²) >= 11 is 1.42. The molecule has 0 atom stereocenters. The molecule has 7 heteroatoms. The van der Waals surface area contributed by atoms with Crippen molar-refractivity contribution in [3.05, 3.63) is 86.8 Å². The van der Waals surface area contributed by atoms with Crippen LogP contribution < -0.4 is 10.3 Å². The van der Waals surface area contributed by atoms with Crippen molar-refractivity contribution in [3.8, 4) is 5.75 Å². The summed E-state index contributed by atoms with van der Waals surface area (Å²) in [5.41, 5.74) is 3.68. The minimum atomic E-state index is -0.376. The number of ether oxygens (including phenoxy) is 2. The maximum absolute atomic E-state index is 13.0. The van der Waals surface area contributed by atoms with Crippen molar-refractivity contribution in [3.63, 3.8) is 0 Å². The fourth-order valence-corrected chi connectivity index (χ4v) is 4.12. The lowest BCUT2D eigenvalue weighted by Gasteiger charge is -2.13. The van der Waals surface area contributed by atoms with Crippen molar-refractivity contribution in [2.75, 3.05) is 14.2 Å². The second-order valence-electron chi connectivity index (χ2n) is 6.78. The van der Waals surface area contributed by atoms with Gasteiger partial charge in [-0.3, -0.25) is 9.36 Å². The number of hydrogen-bond acceptors (Lipinski definition) is 6. The van der Waals surface area contributed by atoms with Crippen LogP contribution in [0.15, 0.2) is 58.5 Å². The highest BCUT2D eigenvalue weighted by molar-refractivity contribution is 7.98. The Morgan fingerprint density at radius 2 is 1.80 bits per heavy atom. The van der Waals surface area contributed by atoms with Gasteiger partial charge in [0, 0.05) is 30.5 Å². The zero-order valence-corrected chi connectivity index (χ0v) is 18.3. The van der Waals surface area contributed by atoms with Crippen molar-refractivity contribution >= 4 is 17.7 Å². The molecule has 3 aromatic rings. The summed E-state index contributed by atoms with van der Waals surface area (Å²) in [4.78, 5) is 29.6. The fraction of sp³-hybridized carbons (Fsp3) is 0.261. The average Bonchev–Trinajstić information content (AvgIpc) is 2.78. The first kappa shape index (κ1) is 21.6. The Morgan fingerprint density at radius 1 is 1.10 bits per heavy atom. The average molecular weight is 425 g/mol. The second kappa shape index (κ2) is 9.63. The summed E-state index contributed by atoms with van der Waals surface area (Å²) in [6.07, 6.45) is 0.506. The summed E-state index contributed by atoms with van der Waals surface area (Å²) in [6.45, 7) is 1.85. The number of esters is 1. The maximum atomic E-state index is 13.0. The predicted molar refractivity (Wildman–Crippen MR) is 117 cm³/mol. The van der Waals surface area contributed by atoms with E-state index in [2.05, 4.69) is 4.98 Å². The Balaban J connectivity index is 1.83. The molecule has 0 bridgehead atoms. The Hall–Kier alpha value is -3.06. The lowest BCUT2D eigenvalue weighted by atomic mass is 10.1. The highest BCUT2D eigenvalue weighted by Gasteiger charge is 2.15. The van der Waals surface area contributed by atoms with Crippen LogP contribution in [0.4, 0.5) is 0 Å². The third-order valence-corrected chi connectivity index (χ3v) is 5.95. The van der Waals surface area contributed by atoms with E-state index in [0.717, 1.165) is 16.9 Å². The molecule has 156 valence electrons. The van der Waals surface area contributed by atoms with Crippen molar-refractivity contribution < 1.29 is 14.3 Å². The van der Waals surface area contributed by atoms with E-state index in [0.29, 0.717) is 34.2 Å². The zero-order chi connectivity index (χ0) is 21.7. The van der Waals surface area contributed by atoms with E-state index >= 15 is 0 Å². The van der Waals surface area contributed by atoms with E-state index in [1.165, 1.54) is 18.9 Å². The Kier molecular flexibility index (Phi) is 6.95. The molecule has 2 aromatic carbocycles.